The highest BCUT2D eigenvalue weighted by Gasteiger charge is 2.31. The lowest BCUT2D eigenvalue weighted by Crippen LogP contribution is -2.39. The number of benzene rings is 2. The second-order valence-corrected chi connectivity index (χ2v) is 9.26. The highest BCUT2D eigenvalue weighted by molar-refractivity contribution is 8.15. The Morgan fingerprint density at radius 2 is 2.03 bits per heavy atom. The second kappa shape index (κ2) is 10.5. The molecule has 2 fully saturated rings. The number of halogens is 1. The molecule has 6 nitrogen and oxygen atoms in total. The standard InChI is InChI=1S/C23H25ClN2O4S/c24-18-4-1-3-17(14-18)20-15-26(10-12-30-20)9-2-11-29-19-7-5-16(6-8-19)13-21-22(27)25-23(28)31-21/h1,3-8,14,20-21H,2,9-13,15H2,(H,25,27,28). The van der Waals surface area contributed by atoms with Crippen molar-refractivity contribution in [2.45, 2.75) is 24.2 Å². The maximum atomic E-state index is 11.7. The molecule has 2 aromatic carbocycles. The SMILES string of the molecule is O=C1NC(=O)C(Cc2ccc(OCCCN3CCOC(c4cccc(Cl)c4)C3)cc2)S1. The summed E-state index contributed by atoms with van der Waals surface area (Å²) in [6, 6.07) is 15.6. The van der Waals surface area contributed by atoms with Gasteiger partial charge in [-0.15, -0.1) is 0 Å². The van der Waals surface area contributed by atoms with E-state index in [0.29, 0.717) is 19.6 Å². The summed E-state index contributed by atoms with van der Waals surface area (Å²) < 4.78 is 11.8. The van der Waals surface area contributed by atoms with Crippen molar-refractivity contribution in [3.63, 3.8) is 0 Å². The van der Waals surface area contributed by atoms with Gasteiger partial charge < -0.3 is 9.47 Å². The maximum absolute atomic E-state index is 11.7. The van der Waals surface area contributed by atoms with E-state index in [1.165, 1.54) is 0 Å². The number of nitrogens with zero attached hydrogens (tertiary/aromatic N) is 1. The molecule has 2 unspecified atom stereocenters. The van der Waals surface area contributed by atoms with Crippen LogP contribution in [0.1, 0.15) is 23.7 Å². The van der Waals surface area contributed by atoms with Gasteiger partial charge in [0.05, 0.1) is 24.6 Å². The zero-order chi connectivity index (χ0) is 21.6. The average molecular weight is 461 g/mol. The third kappa shape index (κ3) is 6.23. The number of morpholine rings is 1. The minimum Gasteiger partial charge on any atom is -0.494 e. The number of hydrogen-bond donors (Lipinski definition) is 1. The molecule has 8 heteroatoms. The Balaban J connectivity index is 1.18. The second-order valence-electron chi connectivity index (χ2n) is 7.65. The van der Waals surface area contributed by atoms with Gasteiger partial charge in [0.1, 0.15) is 5.75 Å². The van der Waals surface area contributed by atoms with Gasteiger partial charge in [0.2, 0.25) is 5.91 Å². The van der Waals surface area contributed by atoms with Crippen LogP contribution in [0.15, 0.2) is 48.5 Å². The van der Waals surface area contributed by atoms with Crippen LogP contribution >= 0.6 is 23.4 Å². The maximum Gasteiger partial charge on any atom is 0.286 e. The van der Waals surface area contributed by atoms with Crippen LogP contribution in [0.3, 0.4) is 0 Å². The van der Waals surface area contributed by atoms with Gasteiger partial charge in [0.15, 0.2) is 0 Å². The summed E-state index contributed by atoms with van der Waals surface area (Å²) in [5.74, 6) is 0.596. The molecular formula is C23H25ClN2O4S. The first-order chi connectivity index (χ1) is 15.1. The molecule has 4 rings (SSSR count). The van der Waals surface area contributed by atoms with E-state index >= 15 is 0 Å². The molecule has 0 spiro atoms. The van der Waals surface area contributed by atoms with Crippen LogP contribution < -0.4 is 10.1 Å². The molecule has 1 N–H and O–H groups in total. The Hall–Kier alpha value is -2.06. The van der Waals surface area contributed by atoms with E-state index in [9.17, 15) is 9.59 Å². The van der Waals surface area contributed by atoms with Gasteiger partial charge in [-0.1, -0.05) is 47.6 Å². The molecule has 2 atom stereocenters. The number of amides is 2. The summed E-state index contributed by atoms with van der Waals surface area (Å²) >= 11 is 7.16. The fourth-order valence-corrected chi connectivity index (χ4v) is 4.81. The van der Waals surface area contributed by atoms with E-state index in [1.54, 1.807) is 0 Å². The van der Waals surface area contributed by atoms with E-state index < -0.39 is 0 Å². The minimum atomic E-state index is -0.344. The van der Waals surface area contributed by atoms with Crippen LogP contribution in [0.4, 0.5) is 4.79 Å². The molecule has 2 saturated heterocycles. The van der Waals surface area contributed by atoms with Gasteiger partial charge in [-0.2, -0.15) is 0 Å². The summed E-state index contributed by atoms with van der Waals surface area (Å²) in [6.45, 7) is 4.06. The predicted molar refractivity (Wildman–Crippen MR) is 122 cm³/mol. The lowest BCUT2D eigenvalue weighted by atomic mass is 10.1. The first kappa shape index (κ1) is 22.1. The van der Waals surface area contributed by atoms with Crippen molar-refractivity contribution in [1.29, 1.82) is 0 Å². The third-order valence-electron chi connectivity index (χ3n) is 5.37. The van der Waals surface area contributed by atoms with Gasteiger partial charge >= 0.3 is 0 Å². The fraction of sp³-hybridized carbons (Fsp3) is 0.391. The van der Waals surface area contributed by atoms with Crippen LogP contribution in [0.25, 0.3) is 0 Å². The first-order valence-electron chi connectivity index (χ1n) is 10.4. The number of nitrogens with one attached hydrogen (secondary N) is 1. The molecule has 2 heterocycles. The first-order valence-corrected chi connectivity index (χ1v) is 11.7. The lowest BCUT2D eigenvalue weighted by molar-refractivity contribution is -0.118. The van der Waals surface area contributed by atoms with Gasteiger partial charge in [-0.05, 0) is 48.2 Å². The number of thioether (sulfide) groups is 1. The van der Waals surface area contributed by atoms with Crippen molar-refractivity contribution in [3.05, 3.63) is 64.7 Å². The highest BCUT2D eigenvalue weighted by atomic mass is 35.5. The van der Waals surface area contributed by atoms with Crippen LogP contribution in [0.2, 0.25) is 5.02 Å². The fourth-order valence-electron chi connectivity index (χ4n) is 3.76. The topological polar surface area (TPSA) is 67.9 Å². The smallest absolute Gasteiger partial charge is 0.286 e. The highest BCUT2D eigenvalue weighted by Crippen LogP contribution is 2.25. The summed E-state index contributed by atoms with van der Waals surface area (Å²) in [7, 11) is 0. The summed E-state index contributed by atoms with van der Waals surface area (Å²) in [6.07, 6.45) is 1.51. The van der Waals surface area contributed by atoms with Crippen LogP contribution in [0.5, 0.6) is 5.75 Å². The van der Waals surface area contributed by atoms with E-state index in [4.69, 9.17) is 21.1 Å². The average Bonchev–Trinajstić information content (AvgIpc) is 3.09. The molecule has 2 aromatic rings. The van der Waals surface area contributed by atoms with Gasteiger partial charge in [0, 0.05) is 24.7 Å². The Morgan fingerprint density at radius 3 is 2.77 bits per heavy atom. The molecule has 0 bridgehead atoms. The molecule has 0 aromatic heterocycles. The van der Waals surface area contributed by atoms with Crippen molar-refractivity contribution in [2.24, 2.45) is 0 Å². The van der Waals surface area contributed by atoms with Gasteiger partial charge in [-0.3, -0.25) is 19.8 Å². The normalized spacial score (nSPS) is 21.8. The molecular weight excluding hydrogens is 436 g/mol. The van der Waals surface area contributed by atoms with Crippen LogP contribution in [0, 0.1) is 0 Å². The lowest BCUT2D eigenvalue weighted by Gasteiger charge is -2.33. The Bertz CT molecular complexity index is 924. The summed E-state index contributed by atoms with van der Waals surface area (Å²) in [5, 5.41) is 2.44. The molecule has 2 aliphatic rings. The molecule has 0 saturated carbocycles. The van der Waals surface area contributed by atoms with Crippen molar-refractivity contribution >= 4 is 34.5 Å². The number of imide groups is 1. The quantitative estimate of drug-likeness (QED) is 0.599. The Kier molecular flexibility index (Phi) is 7.50. The van der Waals surface area contributed by atoms with E-state index in [0.717, 1.165) is 59.7 Å². The van der Waals surface area contributed by atoms with Gasteiger partial charge in [0.25, 0.3) is 5.24 Å². The van der Waals surface area contributed by atoms with Crippen LogP contribution in [-0.4, -0.2) is 54.1 Å². The molecule has 0 aliphatic carbocycles. The number of ether oxygens (including phenoxy) is 2. The summed E-state index contributed by atoms with van der Waals surface area (Å²) in [5.41, 5.74) is 2.13. The number of rotatable bonds is 8. The van der Waals surface area contributed by atoms with E-state index in [-0.39, 0.29) is 22.5 Å². The molecule has 31 heavy (non-hydrogen) atoms. The molecule has 2 amide bonds. The zero-order valence-corrected chi connectivity index (χ0v) is 18.7. The molecule has 164 valence electrons. The monoisotopic (exact) mass is 460 g/mol. The van der Waals surface area contributed by atoms with Crippen molar-refractivity contribution in [3.8, 4) is 5.75 Å². The third-order valence-corrected chi connectivity index (χ3v) is 6.59. The number of carbonyl (C=O) groups is 2. The number of hydrogen-bond acceptors (Lipinski definition) is 6. The molecule has 0 radical (unpaired) electrons. The Morgan fingerprint density at radius 1 is 1.19 bits per heavy atom. The minimum absolute atomic E-state index is 0.0521. The van der Waals surface area contributed by atoms with Crippen molar-refractivity contribution < 1.29 is 19.1 Å². The van der Waals surface area contributed by atoms with Crippen molar-refractivity contribution in [1.82, 2.24) is 10.2 Å². The van der Waals surface area contributed by atoms with Gasteiger partial charge in [-0.25, -0.2) is 0 Å². The zero-order valence-electron chi connectivity index (χ0n) is 17.1. The largest absolute Gasteiger partial charge is 0.494 e. The predicted octanol–water partition coefficient (Wildman–Crippen LogP) is 4.08. The van der Waals surface area contributed by atoms with Crippen molar-refractivity contribution in [2.75, 3.05) is 32.8 Å². The van der Waals surface area contributed by atoms with E-state index in [2.05, 4.69) is 16.3 Å². The Labute approximate surface area is 191 Å². The van der Waals surface area contributed by atoms with Crippen LogP contribution in [-0.2, 0) is 16.0 Å². The number of carbonyl (C=O) groups excluding carboxylic acids is 2. The molecule has 2 aliphatic heterocycles. The summed E-state index contributed by atoms with van der Waals surface area (Å²) in [4.78, 5) is 25.3. The van der Waals surface area contributed by atoms with E-state index in [1.807, 2.05) is 42.5 Å².